The first-order valence-electron chi connectivity index (χ1n) is 9.09. The quantitative estimate of drug-likeness (QED) is 0.692. The topological polar surface area (TPSA) is 93.8 Å². The highest BCUT2D eigenvalue weighted by molar-refractivity contribution is 5.97. The van der Waals surface area contributed by atoms with E-state index in [1.165, 1.54) is 0 Å². The van der Waals surface area contributed by atoms with Crippen LogP contribution >= 0.6 is 0 Å². The summed E-state index contributed by atoms with van der Waals surface area (Å²) in [6.45, 7) is 0.804. The van der Waals surface area contributed by atoms with Crippen LogP contribution in [0.25, 0.3) is 5.52 Å². The lowest BCUT2D eigenvalue weighted by Gasteiger charge is -2.27. The highest BCUT2D eigenvalue weighted by atomic mass is 16.5. The largest absolute Gasteiger partial charge is 0.383 e. The van der Waals surface area contributed by atoms with Crippen molar-refractivity contribution >= 4 is 23.1 Å². The van der Waals surface area contributed by atoms with E-state index < -0.39 is 12.0 Å². The van der Waals surface area contributed by atoms with Crippen molar-refractivity contribution in [1.29, 1.82) is 0 Å². The molecule has 3 aromatic rings. The third-order valence-corrected chi connectivity index (χ3v) is 5.05. The third-order valence-electron chi connectivity index (χ3n) is 5.05. The van der Waals surface area contributed by atoms with Crippen molar-refractivity contribution < 1.29 is 14.3 Å². The number of hydrogen-bond acceptors (Lipinski definition) is 5. The van der Waals surface area contributed by atoms with Crippen molar-refractivity contribution in [3.63, 3.8) is 0 Å². The fraction of sp³-hybridized carbons (Fsp3) is 0.368. The van der Waals surface area contributed by atoms with Gasteiger partial charge in [0.05, 0.1) is 18.0 Å². The molecule has 0 spiro atoms. The molecule has 1 fully saturated rings. The minimum absolute atomic E-state index is 0.0831. The number of fused-ring (bicyclic) bond motifs is 1. The third kappa shape index (κ3) is 3.24. The van der Waals surface area contributed by atoms with Crippen LogP contribution in [0.2, 0.25) is 0 Å². The van der Waals surface area contributed by atoms with Gasteiger partial charge >= 0.3 is 0 Å². The summed E-state index contributed by atoms with van der Waals surface area (Å²) < 4.78 is 8.67. The van der Waals surface area contributed by atoms with Gasteiger partial charge in [0, 0.05) is 51.8 Å². The first-order valence-corrected chi connectivity index (χ1v) is 9.09. The molecule has 2 amide bonds. The Balaban J connectivity index is 1.61. The van der Waals surface area contributed by atoms with Gasteiger partial charge < -0.3 is 19.5 Å². The molecule has 0 unspecified atom stereocenters. The number of carbonyl (C=O) groups is 2. The first-order chi connectivity index (χ1) is 13.6. The maximum atomic E-state index is 13.1. The molecule has 1 saturated heterocycles. The number of ether oxygens (including phenoxy) is 1. The maximum Gasteiger partial charge on any atom is 0.231 e. The molecule has 146 valence electrons. The lowest BCUT2D eigenvalue weighted by atomic mass is 9.98. The number of anilines is 1. The van der Waals surface area contributed by atoms with Crippen molar-refractivity contribution in [3.05, 3.63) is 48.7 Å². The molecule has 0 saturated carbocycles. The molecule has 2 atom stereocenters. The van der Waals surface area contributed by atoms with E-state index in [1.807, 2.05) is 42.2 Å². The average molecular weight is 382 g/mol. The van der Waals surface area contributed by atoms with Gasteiger partial charge in [-0.1, -0.05) is 6.07 Å². The smallest absolute Gasteiger partial charge is 0.231 e. The van der Waals surface area contributed by atoms with Crippen LogP contribution < -0.4 is 5.32 Å². The normalized spacial score (nSPS) is 19.5. The van der Waals surface area contributed by atoms with Crippen LogP contribution in [-0.2, 0) is 21.4 Å². The highest BCUT2D eigenvalue weighted by Crippen LogP contribution is 2.37. The number of nitrogens with zero attached hydrogens (tertiary/aromatic N) is 5. The standard InChI is InChI=1S/C19H22N6O3/c1-23-8-6-20-18(23)17-14(12-16(26)24(17)9-10-28-2)19(27)21-15-11-13-5-3-4-7-25(13)22-15/h3-8,11,14,17H,9-10,12H2,1-2H3,(H,21,22,27)/t14-,17-/m0/s1. The van der Waals surface area contributed by atoms with E-state index in [9.17, 15) is 9.59 Å². The fourth-order valence-electron chi connectivity index (χ4n) is 3.68. The zero-order chi connectivity index (χ0) is 19.7. The highest BCUT2D eigenvalue weighted by Gasteiger charge is 2.46. The second kappa shape index (κ2) is 7.43. The van der Waals surface area contributed by atoms with Crippen LogP contribution in [0.1, 0.15) is 18.3 Å². The summed E-state index contributed by atoms with van der Waals surface area (Å²) in [7, 11) is 3.45. The van der Waals surface area contributed by atoms with Crippen molar-refractivity contribution in [2.75, 3.05) is 25.6 Å². The molecule has 1 aliphatic heterocycles. The second-order valence-electron chi connectivity index (χ2n) is 6.82. The SMILES string of the molecule is COCCN1C(=O)C[C@H](C(=O)Nc2cc3ccccn3n2)[C@H]1c1nccn1C. The summed E-state index contributed by atoms with van der Waals surface area (Å²) in [6.07, 6.45) is 5.42. The molecular weight excluding hydrogens is 360 g/mol. The van der Waals surface area contributed by atoms with E-state index in [1.54, 1.807) is 28.8 Å². The van der Waals surface area contributed by atoms with Crippen LogP contribution in [0.15, 0.2) is 42.9 Å². The maximum absolute atomic E-state index is 13.1. The monoisotopic (exact) mass is 382 g/mol. The molecule has 0 aliphatic carbocycles. The first kappa shape index (κ1) is 18.2. The second-order valence-corrected chi connectivity index (χ2v) is 6.82. The predicted octanol–water partition coefficient (Wildman–Crippen LogP) is 1.24. The van der Waals surface area contributed by atoms with Crippen molar-refractivity contribution in [2.45, 2.75) is 12.5 Å². The Morgan fingerprint density at radius 3 is 2.93 bits per heavy atom. The van der Waals surface area contributed by atoms with Gasteiger partial charge in [0.15, 0.2) is 5.82 Å². The number of hydrogen-bond donors (Lipinski definition) is 1. The Kier molecular flexibility index (Phi) is 4.82. The summed E-state index contributed by atoms with van der Waals surface area (Å²) in [6, 6.07) is 7.03. The zero-order valence-corrected chi connectivity index (χ0v) is 15.8. The van der Waals surface area contributed by atoms with E-state index in [-0.39, 0.29) is 18.2 Å². The van der Waals surface area contributed by atoms with Gasteiger partial charge in [-0.3, -0.25) is 9.59 Å². The lowest BCUT2D eigenvalue weighted by Crippen LogP contribution is -2.36. The summed E-state index contributed by atoms with van der Waals surface area (Å²) in [5.41, 5.74) is 0.877. The van der Waals surface area contributed by atoms with Crippen LogP contribution in [0.3, 0.4) is 0 Å². The minimum atomic E-state index is -0.560. The van der Waals surface area contributed by atoms with Gasteiger partial charge in [-0.2, -0.15) is 5.10 Å². The number of pyridine rings is 1. The summed E-state index contributed by atoms with van der Waals surface area (Å²) >= 11 is 0. The van der Waals surface area contributed by atoms with Crippen LogP contribution in [-0.4, -0.2) is 56.1 Å². The number of likely N-dealkylation sites (tertiary alicyclic amines) is 1. The van der Waals surface area contributed by atoms with Gasteiger partial charge in [-0.15, -0.1) is 0 Å². The molecule has 0 aromatic carbocycles. The van der Waals surface area contributed by atoms with E-state index in [4.69, 9.17) is 4.74 Å². The predicted molar refractivity (Wildman–Crippen MR) is 101 cm³/mol. The molecule has 1 N–H and O–H groups in total. The Morgan fingerprint density at radius 1 is 1.36 bits per heavy atom. The number of nitrogens with one attached hydrogen (secondary N) is 1. The molecule has 28 heavy (non-hydrogen) atoms. The van der Waals surface area contributed by atoms with Crippen molar-refractivity contribution in [2.24, 2.45) is 13.0 Å². The van der Waals surface area contributed by atoms with E-state index in [0.29, 0.717) is 24.8 Å². The summed E-state index contributed by atoms with van der Waals surface area (Å²) in [5.74, 6) is 0.245. The summed E-state index contributed by atoms with van der Waals surface area (Å²) in [4.78, 5) is 31.8. The molecular formula is C19H22N6O3. The van der Waals surface area contributed by atoms with E-state index in [0.717, 1.165) is 5.52 Å². The molecule has 9 nitrogen and oxygen atoms in total. The van der Waals surface area contributed by atoms with Gasteiger partial charge in [-0.25, -0.2) is 9.50 Å². The number of aryl methyl sites for hydroxylation is 1. The molecule has 0 bridgehead atoms. The Hall–Kier alpha value is -3.20. The van der Waals surface area contributed by atoms with Crippen LogP contribution in [0.5, 0.6) is 0 Å². The number of methoxy groups -OCH3 is 1. The fourth-order valence-corrected chi connectivity index (χ4v) is 3.68. The molecule has 3 aromatic heterocycles. The van der Waals surface area contributed by atoms with Crippen molar-refractivity contribution in [1.82, 2.24) is 24.1 Å². The van der Waals surface area contributed by atoms with Crippen molar-refractivity contribution in [3.8, 4) is 0 Å². The molecule has 4 rings (SSSR count). The van der Waals surface area contributed by atoms with Gasteiger partial charge in [-0.05, 0) is 12.1 Å². The number of imidazole rings is 1. The van der Waals surface area contributed by atoms with E-state index >= 15 is 0 Å². The van der Waals surface area contributed by atoms with Crippen LogP contribution in [0, 0.1) is 5.92 Å². The lowest BCUT2D eigenvalue weighted by molar-refractivity contribution is -0.129. The molecule has 9 heteroatoms. The number of carbonyl (C=O) groups excluding carboxylic acids is 2. The summed E-state index contributed by atoms with van der Waals surface area (Å²) in [5, 5.41) is 7.23. The minimum Gasteiger partial charge on any atom is -0.383 e. The molecule has 4 heterocycles. The average Bonchev–Trinajstić information content (AvgIpc) is 3.36. The number of aromatic nitrogens is 4. The van der Waals surface area contributed by atoms with Crippen LogP contribution in [0.4, 0.5) is 5.82 Å². The number of rotatable bonds is 6. The Bertz CT molecular complexity index is 977. The van der Waals surface area contributed by atoms with E-state index in [2.05, 4.69) is 15.4 Å². The molecule has 0 radical (unpaired) electrons. The number of amides is 2. The zero-order valence-electron chi connectivity index (χ0n) is 15.8. The van der Waals surface area contributed by atoms with Gasteiger partial charge in [0.25, 0.3) is 0 Å². The Morgan fingerprint density at radius 2 is 2.21 bits per heavy atom. The molecule has 1 aliphatic rings. The Labute approximate surface area is 161 Å². The van der Waals surface area contributed by atoms with Gasteiger partial charge in [0.2, 0.25) is 11.8 Å². The van der Waals surface area contributed by atoms with Gasteiger partial charge in [0.1, 0.15) is 11.9 Å².